The van der Waals surface area contributed by atoms with Crippen LogP contribution in [0.15, 0.2) is 66.7 Å². The van der Waals surface area contributed by atoms with Gasteiger partial charge in [-0.3, -0.25) is 9.59 Å². The number of carbonyl (C=O) groups is 2. The van der Waals surface area contributed by atoms with Crippen LogP contribution in [0, 0.1) is 6.92 Å². The van der Waals surface area contributed by atoms with Crippen LogP contribution < -0.4 is 0 Å². The molecule has 1 aliphatic rings. The van der Waals surface area contributed by atoms with Crippen LogP contribution in [0.4, 0.5) is 0 Å². The average molecular weight is 427 g/mol. The fourth-order valence-electron chi connectivity index (χ4n) is 5.06. The largest absolute Gasteiger partial charge is 0.480 e. The molecule has 1 aliphatic carbocycles. The fourth-order valence-corrected chi connectivity index (χ4v) is 5.06. The highest BCUT2D eigenvalue weighted by Gasteiger charge is 2.58. The number of benzene rings is 3. The highest BCUT2D eigenvalue weighted by atomic mass is 16.4. The van der Waals surface area contributed by atoms with E-state index in [4.69, 9.17) is 0 Å². The Labute approximate surface area is 187 Å². The molecule has 3 aromatic carbocycles. The third kappa shape index (κ3) is 2.98. The molecule has 0 atom stereocenters. The predicted octanol–water partition coefficient (Wildman–Crippen LogP) is 5.50. The van der Waals surface area contributed by atoms with Crippen molar-refractivity contribution >= 4 is 23.1 Å². The minimum absolute atomic E-state index is 0.321. The van der Waals surface area contributed by atoms with Gasteiger partial charge in [-0.05, 0) is 58.7 Å². The number of hydrogen-bond acceptors (Lipinski definition) is 2. The lowest BCUT2D eigenvalue weighted by atomic mass is 9.74. The molecule has 0 spiro atoms. The zero-order valence-corrected chi connectivity index (χ0v) is 18.5. The van der Waals surface area contributed by atoms with Gasteiger partial charge in [-0.2, -0.15) is 0 Å². The van der Waals surface area contributed by atoms with Crippen LogP contribution in [0.25, 0.3) is 11.1 Å². The van der Waals surface area contributed by atoms with E-state index in [0.29, 0.717) is 28.7 Å². The summed E-state index contributed by atoms with van der Waals surface area (Å²) >= 11 is 0. The van der Waals surface area contributed by atoms with E-state index in [1.807, 2.05) is 62.4 Å². The molecule has 0 amide bonds. The van der Waals surface area contributed by atoms with Crippen LogP contribution in [-0.2, 0) is 27.8 Å². The Hall–Kier alpha value is -3.66. The molecule has 0 bridgehead atoms. The van der Waals surface area contributed by atoms with E-state index in [1.54, 1.807) is 18.2 Å². The van der Waals surface area contributed by atoms with Crippen molar-refractivity contribution in [2.45, 2.75) is 39.0 Å². The van der Waals surface area contributed by atoms with Crippen LogP contribution in [-0.4, -0.2) is 22.2 Å². The summed E-state index contributed by atoms with van der Waals surface area (Å²) in [4.78, 5) is 25.8. The van der Waals surface area contributed by atoms with E-state index < -0.39 is 17.4 Å². The first-order valence-corrected chi connectivity index (χ1v) is 10.9. The Morgan fingerprint density at radius 3 is 2.03 bits per heavy atom. The van der Waals surface area contributed by atoms with Gasteiger partial charge in [-0.25, -0.2) is 0 Å². The molecular formula is C28H26O4. The third-order valence-electron chi connectivity index (χ3n) is 6.43. The van der Waals surface area contributed by atoms with Gasteiger partial charge in [0.2, 0.25) is 5.41 Å². The summed E-state index contributed by atoms with van der Waals surface area (Å²) in [5.74, 6) is -2.75. The molecule has 32 heavy (non-hydrogen) atoms. The number of hydrogen-bond donors (Lipinski definition) is 2. The normalized spacial score (nSPS) is 14.3. The lowest BCUT2D eigenvalue weighted by molar-refractivity contribution is -0.153. The molecule has 0 heterocycles. The average Bonchev–Trinajstić information content (AvgIpc) is 3.11. The van der Waals surface area contributed by atoms with Gasteiger partial charge in [0.25, 0.3) is 0 Å². The Kier molecular flexibility index (Phi) is 5.47. The predicted molar refractivity (Wildman–Crippen MR) is 126 cm³/mol. The molecule has 4 rings (SSSR count). The van der Waals surface area contributed by atoms with Crippen molar-refractivity contribution in [3.05, 3.63) is 106 Å². The third-order valence-corrected chi connectivity index (χ3v) is 6.43. The van der Waals surface area contributed by atoms with Gasteiger partial charge >= 0.3 is 11.9 Å². The molecule has 0 radical (unpaired) electrons. The minimum Gasteiger partial charge on any atom is -0.480 e. The van der Waals surface area contributed by atoms with Gasteiger partial charge in [0.1, 0.15) is 0 Å². The first kappa shape index (κ1) is 21.6. The molecule has 4 heteroatoms. The fraction of sp³-hybridized carbons (Fsp3) is 0.214. The van der Waals surface area contributed by atoms with Gasteiger partial charge in [0, 0.05) is 5.57 Å². The lowest BCUT2D eigenvalue weighted by Gasteiger charge is -2.26. The van der Waals surface area contributed by atoms with Crippen molar-refractivity contribution in [3.63, 3.8) is 0 Å². The molecule has 2 N–H and O–H groups in total. The Bertz CT molecular complexity index is 1240. The maximum atomic E-state index is 12.9. The van der Waals surface area contributed by atoms with Gasteiger partial charge < -0.3 is 10.2 Å². The molecule has 0 unspecified atom stereocenters. The van der Waals surface area contributed by atoms with Crippen LogP contribution in [0.2, 0.25) is 0 Å². The van der Waals surface area contributed by atoms with Gasteiger partial charge in [-0.15, -0.1) is 0 Å². The van der Waals surface area contributed by atoms with Crippen molar-refractivity contribution in [2.75, 3.05) is 0 Å². The number of fused-ring (bicyclic) bond motifs is 1. The van der Waals surface area contributed by atoms with Crippen LogP contribution in [0.1, 0.15) is 52.8 Å². The maximum absolute atomic E-state index is 12.9. The van der Waals surface area contributed by atoms with E-state index >= 15 is 0 Å². The van der Waals surface area contributed by atoms with Crippen LogP contribution in [0.5, 0.6) is 0 Å². The Morgan fingerprint density at radius 2 is 1.47 bits per heavy atom. The van der Waals surface area contributed by atoms with E-state index in [9.17, 15) is 19.8 Å². The second-order valence-electron chi connectivity index (χ2n) is 8.18. The quantitative estimate of drug-likeness (QED) is 0.511. The Morgan fingerprint density at radius 1 is 0.812 bits per heavy atom. The number of rotatable bonds is 6. The standard InChI is InChI=1S/C28H26O4/c1-4-18-14-15-22-24(21(18)5-2)23(20-13-9-10-17(3)16-20)25(19-11-7-6-8-12-19)28(22,26(29)30)27(31)32/h6-16H,4-5H2,1-3H3,(H,29,30)(H,31,32). The Balaban J connectivity index is 2.29. The zero-order valence-electron chi connectivity index (χ0n) is 18.5. The minimum atomic E-state index is -2.19. The van der Waals surface area contributed by atoms with Crippen molar-refractivity contribution < 1.29 is 19.8 Å². The number of carboxylic acids is 2. The number of aliphatic carboxylic acids is 2. The van der Waals surface area contributed by atoms with Gasteiger partial charge in [-0.1, -0.05) is 86.1 Å². The summed E-state index contributed by atoms with van der Waals surface area (Å²) in [7, 11) is 0. The second kappa shape index (κ2) is 8.12. The number of carboxylic acid groups (broad SMARTS) is 2. The van der Waals surface area contributed by atoms with Crippen LogP contribution in [0.3, 0.4) is 0 Å². The summed E-state index contributed by atoms with van der Waals surface area (Å²) in [6, 6.07) is 20.5. The summed E-state index contributed by atoms with van der Waals surface area (Å²) in [5, 5.41) is 21.0. The van der Waals surface area contributed by atoms with Gasteiger partial charge in [0.15, 0.2) is 0 Å². The first-order chi connectivity index (χ1) is 15.4. The lowest BCUT2D eigenvalue weighted by Crippen LogP contribution is -2.43. The molecule has 4 nitrogen and oxygen atoms in total. The summed E-state index contributed by atoms with van der Waals surface area (Å²) in [5.41, 5.74) is 4.50. The second-order valence-corrected chi connectivity index (χ2v) is 8.18. The molecule has 0 aliphatic heterocycles. The van der Waals surface area contributed by atoms with Crippen molar-refractivity contribution in [2.24, 2.45) is 0 Å². The molecule has 0 aromatic heterocycles. The molecular weight excluding hydrogens is 400 g/mol. The maximum Gasteiger partial charge on any atom is 0.330 e. The van der Waals surface area contributed by atoms with E-state index in [1.165, 1.54) is 0 Å². The van der Waals surface area contributed by atoms with Gasteiger partial charge in [0.05, 0.1) is 0 Å². The summed E-state index contributed by atoms with van der Waals surface area (Å²) in [6.45, 7) is 6.07. The highest BCUT2D eigenvalue weighted by molar-refractivity contribution is 6.27. The van der Waals surface area contributed by atoms with E-state index in [0.717, 1.165) is 34.2 Å². The van der Waals surface area contributed by atoms with E-state index in [-0.39, 0.29) is 0 Å². The summed E-state index contributed by atoms with van der Waals surface area (Å²) < 4.78 is 0. The van der Waals surface area contributed by atoms with Crippen molar-refractivity contribution in [3.8, 4) is 0 Å². The van der Waals surface area contributed by atoms with E-state index in [2.05, 4.69) is 6.92 Å². The first-order valence-electron chi connectivity index (χ1n) is 10.9. The molecule has 3 aromatic rings. The topological polar surface area (TPSA) is 74.6 Å². The SMILES string of the molecule is CCc1ccc2c(c1CC)C(c1cccc(C)c1)=C(c1ccccc1)C2(C(=O)O)C(=O)O. The van der Waals surface area contributed by atoms with Crippen LogP contribution >= 0.6 is 0 Å². The molecule has 0 saturated carbocycles. The zero-order chi connectivity index (χ0) is 23.0. The molecule has 162 valence electrons. The highest BCUT2D eigenvalue weighted by Crippen LogP contribution is 2.55. The monoisotopic (exact) mass is 426 g/mol. The molecule has 0 fully saturated rings. The smallest absolute Gasteiger partial charge is 0.330 e. The number of aryl methyl sites for hydroxylation is 2. The van der Waals surface area contributed by atoms with Crippen molar-refractivity contribution in [1.82, 2.24) is 0 Å². The molecule has 0 saturated heterocycles. The van der Waals surface area contributed by atoms with Crippen molar-refractivity contribution in [1.29, 1.82) is 0 Å². The summed E-state index contributed by atoms with van der Waals surface area (Å²) in [6.07, 6.45) is 1.46.